The minimum absolute atomic E-state index is 0.110. The second-order valence-corrected chi connectivity index (χ2v) is 8.45. The highest BCUT2D eigenvalue weighted by molar-refractivity contribution is 5.96. The van der Waals surface area contributed by atoms with Crippen molar-refractivity contribution < 1.29 is 22.4 Å². The van der Waals surface area contributed by atoms with Crippen molar-refractivity contribution in [1.29, 1.82) is 0 Å². The summed E-state index contributed by atoms with van der Waals surface area (Å²) in [6, 6.07) is 14.5. The Bertz CT molecular complexity index is 1590. The number of aryl methyl sites for hydroxylation is 1. The first-order chi connectivity index (χ1) is 17.7. The molecule has 0 spiro atoms. The summed E-state index contributed by atoms with van der Waals surface area (Å²) in [5.74, 6) is -0.483. The molecule has 0 fully saturated rings. The number of benzene rings is 2. The number of alkyl halides is 3. The number of fused-ring (bicyclic) bond motifs is 1. The average Bonchev–Trinajstić information content (AvgIpc) is 3.42. The van der Waals surface area contributed by atoms with Crippen molar-refractivity contribution in [3.05, 3.63) is 95.7 Å². The number of hydrogen-bond acceptors (Lipinski definition) is 4. The topological polar surface area (TPSA) is 77.6 Å². The van der Waals surface area contributed by atoms with Crippen LogP contribution in [0.5, 0.6) is 0 Å². The lowest BCUT2D eigenvalue weighted by Gasteiger charge is -2.09. The van der Waals surface area contributed by atoms with Crippen LogP contribution in [-0.4, -0.2) is 30.5 Å². The standard InChI is InChI=1S/C26H20F4N6O/c1-16-24-21(18-5-7-20(27)8-6-18)9-11-31-25(24)36(33-16)15-23(37)32-22-10-12-35(34-22)14-17-3-2-4-19(13-17)26(28,29)30/h2-13H,14-15H2,1H3,(H,32,34,37). The van der Waals surface area contributed by atoms with Gasteiger partial charge in [0.2, 0.25) is 5.91 Å². The molecule has 0 aliphatic carbocycles. The van der Waals surface area contributed by atoms with Crippen molar-refractivity contribution in [2.24, 2.45) is 0 Å². The number of aromatic nitrogens is 5. The normalized spacial score (nSPS) is 11.7. The van der Waals surface area contributed by atoms with Crippen LogP contribution in [0.25, 0.3) is 22.2 Å². The molecule has 1 amide bonds. The predicted molar refractivity (Wildman–Crippen MR) is 129 cm³/mol. The molecule has 188 valence electrons. The Morgan fingerprint density at radius 1 is 1.03 bits per heavy atom. The summed E-state index contributed by atoms with van der Waals surface area (Å²) in [6.07, 6.45) is -1.26. The minimum atomic E-state index is -4.43. The predicted octanol–water partition coefficient (Wildman–Crippen LogP) is 5.45. The molecule has 5 rings (SSSR count). The van der Waals surface area contributed by atoms with Gasteiger partial charge in [0, 0.05) is 23.8 Å². The first-order valence-corrected chi connectivity index (χ1v) is 11.2. The molecule has 1 N–H and O–H groups in total. The number of rotatable bonds is 6. The Labute approximate surface area is 208 Å². The smallest absolute Gasteiger partial charge is 0.308 e. The summed E-state index contributed by atoms with van der Waals surface area (Å²) in [5.41, 5.74) is 2.49. The summed E-state index contributed by atoms with van der Waals surface area (Å²) in [6.45, 7) is 1.78. The molecule has 0 atom stereocenters. The van der Waals surface area contributed by atoms with Crippen LogP contribution in [-0.2, 0) is 24.1 Å². The molecule has 0 saturated heterocycles. The van der Waals surface area contributed by atoms with E-state index in [4.69, 9.17) is 0 Å². The minimum Gasteiger partial charge on any atom is -0.308 e. The Kier molecular flexibility index (Phi) is 6.20. The highest BCUT2D eigenvalue weighted by Crippen LogP contribution is 2.31. The van der Waals surface area contributed by atoms with Crippen LogP contribution in [0.3, 0.4) is 0 Å². The van der Waals surface area contributed by atoms with E-state index < -0.39 is 17.6 Å². The van der Waals surface area contributed by atoms with Gasteiger partial charge in [0.05, 0.1) is 17.8 Å². The average molecular weight is 508 g/mol. The van der Waals surface area contributed by atoms with E-state index in [9.17, 15) is 22.4 Å². The van der Waals surface area contributed by atoms with Gasteiger partial charge in [-0.1, -0.05) is 24.3 Å². The third kappa shape index (κ3) is 5.20. The molecule has 0 aliphatic heterocycles. The lowest BCUT2D eigenvalue weighted by Crippen LogP contribution is -2.20. The fourth-order valence-electron chi connectivity index (χ4n) is 4.13. The number of carbonyl (C=O) groups is 1. The number of nitrogens with zero attached hydrogens (tertiary/aromatic N) is 5. The van der Waals surface area contributed by atoms with Gasteiger partial charge in [-0.15, -0.1) is 0 Å². The number of halogens is 4. The van der Waals surface area contributed by atoms with Crippen molar-refractivity contribution in [2.45, 2.75) is 26.2 Å². The van der Waals surface area contributed by atoms with Gasteiger partial charge in [-0.25, -0.2) is 14.1 Å². The van der Waals surface area contributed by atoms with Crippen molar-refractivity contribution in [1.82, 2.24) is 24.5 Å². The number of carbonyl (C=O) groups excluding carboxylic acids is 1. The lowest BCUT2D eigenvalue weighted by molar-refractivity contribution is -0.137. The van der Waals surface area contributed by atoms with Gasteiger partial charge >= 0.3 is 6.18 Å². The monoisotopic (exact) mass is 508 g/mol. The SMILES string of the molecule is Cc1nn(CC(=O)Nc2ccn(Cc3cccc(C(F)(F)F)c3)n2)c2nccc(-c3ccc(F)cc3)c12. The molecule has 7 nitrogen and oxygen atoms in total. The van der Waals surface area contributed by atoms with Gasteiger partial charge in [-0.3, -0.25) is 9.48 Å². The summed E-state index contributed by atoms with van der Waals surface area (Å²) >= 11 is 0. The largest absolute Gasteiger partial charge is 0.416 e. The molecule has 0 radical (unpaired) electrons. The fourth-order valence-corrected chi connectivity index (χ4v) is 4.13. The number of pyridine rings is 1. The summed E-state index contributed by atoms with van der Waals surface area (Å²) in [7, 11) is 0. The molecule has 0 saturated carbocycles. The summed E-state index contributed by atoms with van der Waals surface area (Å²) in [5, 5.41) is 12.1. The van der Waals surface area contributed by atoms with Crippen LogP contribution < -0.4 is 5.32 Å². The zero-order valence-corrected chi connectivity index (χ0v) is 19.5. The Hall–Kier alpha value is -4.54. The van der Waals surface area contributed by atoms with Crippen LogP contribution >= 0.6 is 0 Å². The number of nitrogens with one attached hydrogen (secondary N) is 1. The van der Waals surface area contributed by atoms with E-state index in [0.29, 0.717) is 16.9 Å². The molecule has 0 aliphatic rings. The van der Waals surface area contributed by atoms with Gasteiger partial charge in [0.25, 0.3) is 0 Å². The van der Waals surface area contributed by atoms with E-state index in [1.807, 2.05) is 6.07 Å². The molecule has 37 heavy (non-hydrogen) atoms. The maximum Gasteiger partial charge on any atom is 0.416 e. The van der Waals surface area contributed by atoms with Crippen LogP contribution in [0.2, 0.25) is 0 Å². The van der Waals surface area contributed by atoms with Crippen LogP contribution in [0.1, 0.15) is 16.8 Å². The Balaban J connectivity index is 1.30. The number of anilines is 1. The molecular weight excluding hydrogens is 488 g/mol. The highest BCUT2D eigenvalue weighted by Gasteiger charge is 2.30. The first kappa shape index (κ1) is 24.2. The van der Waals surface area contributed by atoms with Gasteiger partial charge in [0.1, 0.15) is 12.4 Å². The Morgan fingerprint density at radius 2 is 1.81 bits per heavy atom. The molecule has 11 heteroatoms. The van der Waals surface area contributed by atoms with Gasteiger partial charge < -0.3 is 5.32 Å². The first-order valence-electron chi connectivity index (χ1n) is 11.2. The third-order valence-corrected chi connectivity index (χ3v) is 5.76. The van der Waals surface area contributed by atoms with Gasteiger partial charge in [-0.05, 0) is 53.9 Å². The van der Waals surface area contributed by atoms with E-state index in [1.54, 1.807) is 43.6 Å². The highest BCUT2D eigenvalue weighted by atomic mass is 19.4. The molecule has 3 aromatic heterocycles. The number of amides is 1. The molecular formula is C26H20F4N6O. The van der Waals surface area contributed by atoms with E-state index in [1.165, 1.54) is 27.6 Å². The van der Waals surface area contributed by atoms with Crippen LogP contribution in [0.4, 0.5) is 23.4 Å². The molecule has 0 unspecified atom stereocenters. The summed E-state index contributed by atoms with van der Waals surface area (Å²) in [4.78, 5) is 17.1. The zero-order chi connectivity index (χ0) is 26.2. The summed E-state index contributed by atoms with van der Waals surface area (Å²) < 4.78 is 55.2. The quantitative estimate of drug-likeness (QED) is 0.310. The molecule has 5 aromatic rings. The molecule has 3 heterocycles. The number of hydrogen-bond donors (Lipinski definition) is 1. The van der Waals surface area contributed by atoms with Crippen molar-refractivity contribution in [3.8, 4) is 11.1 Å². The van der Waals surface area contributed by atoms with Crippen molar-refractivity contribution in [2.75, 3.05) is 5.32 Å². The second-order valence-electron chi connectivity index (χ2n) is 8.45. The maximum absolute atomic E-state index is 13.4. The van der Waals surface area contributed by atoms with E-state index in [0.717, 1.165) is 28.6 Å². The van der Waals surface area contributed by atoms with Gasteiger partial charge in [-0.2, -0.15) is 23.4 Å². The van der Waals surface area contributed by atoms with Crippen LogP contribution in [0, 0.1) is 12.7 Å². The Morgan fingerprint density at radius 3 is 2.57 bits per heavy atom. The van der Waals surface area contributed by atoms with Gasteiger partial charge in [0.15, 0.2) is 11.5 Å². The maximum atomic E-state index is 13.4. The lowest BCUT2D eigenvalue weighted by atomic mass is 10.0. The zero-order valence-electron chi connectivity index (χ0n) is 19.5. The van der Waals surface area contributed by atoms with E-state index in [2.05, 4.69) is 20.5 Å². The molecule has 0 bridgehead atoms. The van der Waals surface area contributed by atoms with Crippen molar-refractivity contribution in [3.63, 3.8) is 0 Å². The fraction of sp³-hybridized carbons (Fsp3) is 0.154. The second kappa shape index (κ2) is 9.49. The van der Waals surface area contributed by atoms with E-state index in [-0.39, 0.29) is 24.7 Å². The molecule has 2 aromatic carbocycles. The van der Waals surface area contributed by atoms with E-state index >= 15 is 0 Å². The third-order valence-electron chi connectivity index (χ3n) is 5.76. The van der Waals surface area contributed by atoms with Crippen molar-refractivity contribution >= 4 is 22.8 Å². The van der Waals surface area contributed by atoms with Crippen LogP contribution in [0.15, 0.2) is 73.1 Å².